The standard InChI is InChI=1S/C18H27NO2/c1-14(17-15(20)6-5-7-16(17)21)19-12-10-18(11-13-19)8-3-2-4-9-18/h5-7,14,20-21H,2-4,8-13H2,1H3. The number of phenols is 2. The van der Waals surface area contributed by atoms with E-state index in [-0.39, 0.29) is 17.5 Å². The number of piperidine rings is 1. The first-order chi connectivity index (χ1) is 10.1. The van der Waals surface area contributed by atoms with E-state index in [2.05, 4.69) is 11.8 Å². The lowest BCUT2D eigenvalue weighted by molar-refractivity contribution is 0.0477. The zero-order valence-corrected chi connectivity index (χ0v) is 13.0. The highest BCUT2D eigenvalue weighted by Gasteiger charge is 2.37. The van der Waals surface area contributed by atoms with Crippen molar-refractivity contribution in [3.8, 4) is 11.5 Å². The first kappa shape index (κ1) is 14.7. The van der Waals surface area contributed by atoms with Crippen molar-refractivity contribution >= 4 is 0 Å². The highest BCUT2D eigenvalue weighted by molar-refractivity contribution is 5.45. The predicted octanol–water partition coefficient (Wildman–Crippen LogP) is 4.21. The Morgan fingerprint density at radius 2 is 1.52 bits per heavy atom. The fourth-order valence-corrected chi connectivity index (χ4v) is 4.34. The van der Waals surface area contributed by atoms with Crippen molar-refractivity contribution in [1.29, 1.82) is 0 Å². The van der Waals surface area contributed by atoms with Gasteiger partial charge in [0.15, 0.2) is 0 Å². The van der Waals surface area contributed by atoms with Gasteiger partial charge in [0, 0.05) is 6.04 Å². The monoisotopic (exact) mass is 289 g/mol. The van der Waals surface area contributed by atoms with Crippen LogP contribution in [0.1, 0.15) is 63.5 Å². The Hall–Kier alpha value is -1.22. The number of rotatable bonds is 2. The van der Waals surface area contributed by atoms with Crippen LogP contribution in [-0.4, -0.2) is 28.2 Å². The molecule has 3 heteroatoms. The molecule has 3 nitrogen and oxygen atoms in total. The topological polar surface area (TPSA) is 43.7 Å². The molecule has 1 saturated carbocycles. The van der Waals surface area contributed by atoms with Crippen molar-refractivity contribution in [3.05, 3.63) is 23.8 Å². The summed E-state index contributed by atoms with van der Waals surface area (Å²) in [4.78, 5) is 2.41. The number of likely N-dealkylation sites (tertiary alicyclic amines) is 1. The van der Waals surface area contributed by atoms with E-state index in [1.165, 1.54) is 44.9 Å². The van der Waals surface area contributed by atoms with Gasteiger partial charge in [-0.3, -0.25) is 4.90 Å². The number of phenolic OH excluding ortho intramolecular Hbond substituents is 2. The Kier molecular flexibility index (Phi) is 4.12. The molecule has 1 heterocycles. The number of hydrogen-bond donors (Lipinski definition) is 2. The van der Waals surface area contributed by atoms with Gasteiger partial charge in [0.05, 0.1) is 5.56 Å². The molecule has 1 spiro atoms. The summed E-state index contributed by atoms with van der Waals surface area (Å²) >= 11 is 0. The van der Waals surface area contributed by atoms with Gasteiger partial charge in [-0.05, 0) is 63.2 Å². The van der Waals surface area contributed by atoms with E-state index in [1.54, 1.807) is 18.2 Å². The van der Waals surface area contributed by atoms with Crippen molar-refractivity contribution < 1.29 is 10.2 Å². The fraction of sp³-hybridized carbons (Fsp3) is 0.667. The first-order valence-electron chi connectivity index (χ1n) is 8.36. The third-order valence-electron chi connectivity index (χ3n) is 5.80. The molecule has 21 heavy (non-hydrogen) atoms. The smallest absolute Gasteiger partial charge is 0.124 e. The molecular weight excluding hydrogens is 262 g/mol. The first-order valence-corrected chi connectivity index (χ1v) is 8.36. The summed E-state index contributed by atoms with van der Waals surface area (Å²) in [5.41, 5.74) is 1.27. The average molecular weight is 289 g/mol. The molecule has 2 aliphatic rings. The minimum absolute atomic E-state index is 0.0761. The third-order valence-corrected chi connectivity index (χ3v) is 5.80. The van der Waals surface area contributed by atoms with E-state index >= 15 is 0 Å². The van der Waals surface area contributed by atoms with Crippen LogP contribution in [0.2, 0.25) is 0 Å². The maximum absolute atomic E-state index is 10.0. The van der Waals surface area contributed by atoms with Crippen molar-refractivity contribution in [1.82, 2.24) is 4.90 Å². The van der Waals surface area contributed by atoms with Gasteiger partial charge in [-0.25, -0.2) is 0 Å². The molecule has 1 aromatic rings. The Bertz CT molecular complexity index is 464. The number of hydrogen-bond acceptors (Lipinski definition) is 3. The van der Waals surface area contributed by atoms with Crippen molar-refractivity contribution in [3.63, 3.8) is 0 Å². The predicted molar refractivity (Wildman–Crippen MR) is 84.5 cm³/mol. The van der Waals surface area contributed by atoms with Gasteiger partial charge in [-0.1, -0.05) is 25.3 Å². The van der Waals surface area contributed by atoms with Crippen LogP contribution in [0, 0.1) is 5.41 Å². The summed E-state index contributed by atoms with van der Waals surface area (Å²) in [5.74, 6) is 0.418. The lowest BCUT2D eigenvalue weighted by atomic mass is 9.68. The maximum Gasteiger partial charge on any atom is 0.124 e. The Labute approximate surface area is 127 Å². The van der Waals surface area contributed by atoms with Gasteiger partial charge in [-0.15, -0.1) is 0 Å². The largest absolute Gasteiger partial charge is 0.507 e. The van der Waals surface area contributed by atoms with Crippen molar-refractivity contribution in [2.24, 2.45) is 5.41 Å². The molecule has 0 radical (unpaired) electrons. The third kappa shape index (κ3) is 2.89. The summed E-state index contributed by atoms with van der Waals surface area (Å²) in [7, 11) is 0. The van der Waals surface area contributed by atoms with Crippen LogP contribution >= 0.6 is 0 Å². The molecule has 1 aliphatic heterocycles. The molecule has 1 aliphatic carbocycles. The zero-order chi connectivity index (χ0) is 14.9. The van der Waals surface area contributed by atoms with Gasteiger partial charge in [0.25, 0.3) is 0 Å². The van der Waals surface area contributed by atoms with Crippen LogP contribution in [0.5, 0.6) is 11.5 Å². The van der Waals surface area contributed by atoms with Gasteiger partial charge in [0.1, 0.15) is 11.5 Å². The van der Waals surface area contributed by atoms with Gasteiger partial charge in [-0.2, -0.15) is 0 Å². The lowest BCUT2D eigenvalue weighted by Gasteiger charge is -2.46. The maximum atomic E-state index is 10.0. The Balaban J connectivity index is 1.69. The van der Waals surface area contributed by atoms with Crippen LogP contribution in [-0.2, 0) is 0 Å². The van der Waals surface area contributed by atoms with E-state index in [4.69, 9.17) is 0 Å². The van der Waals surface area contributed by atoms with Gasteiger partial charge in [0.2, 0.25) is 0 Å². The van der Waals surface area contributed by atoms with Crippen molar-refractivity contribution in [2.45, 2.75) is 57.9 Å². The summed E-state index contributed by atoms with van der Waals surface area (Å²) in [5, 5.41) is 20.1. The highest BCUT2D eigenvalue weighted by atomic mass is 16.3. The molecule has 2 N–H and O–H groups in total. The Morgan fingerprint density at radius 1 is 0.952 bits per heavy atom. The molecule has 1 aromatic carbocycles. The molecule has 3 rings (SSSR count). The van der Waals surface area contributed by atoms with Crippen LogP contribution in [0.4, 0.5) is 0 Å². The molecule has 1 saturated heterocycles. The minimum Gasteiger partial charge on any atom is -0.507 e. The number of aromatic hydroxyl groups is 2. The average Bonchev–Trinajstić information content (AvgIpc) is 2.48. The van der Waals surface area contributed by atoms with E-state index in [0.29, 0.717) is 11.0 Å². The highest BCUT2D eigenvalue weighted by Crippen LogP contribution is 2.46. The summed E-state index contributed by atoms with van der Waals surface area (Å²) < 4.78 is 0. The van der Waals surface area contributed by atoms with Gasteiger partial charge < -0.3 is 10.2 Å². The van der Waals surface area contributed by atoms with Crippen molar-refractivity contribution in [2.75, 3.05) is 13.1 Å². The number of nitrogens with zero attached hydrogens (tertiary/aromatic N) is 1. The molecule has 0 aromatic heterocycles. The van der Waals surface area contributed by atoms with Crippen LogP contribution in [0.3, 0.4) is 0 Å². The van der Waals surface area contributed by atoms with E-state index in [9.17, 15) is 10.2 Å². The second-order valence-corrected chi connectivity index (χ2v) is 6.98. The molecule has 1 unspecified atom stereocenters. The molecular formula is C18H27NO2. The SMILES string of the molecule is CC(c1c(O)cccc1O)N1CCC2(CCCCC2)CC1. The number of benzene rings is 1. The quantitative estimate of drug-likeness (QED) is 0.857. The van der Waals surface area contributed by atoms with E-state index in [0.717, 1.165) is 13.1 Å². The van der Waals surface area contributed by atoms with E-state index in [1.807, 2.05) is 0 Å². The van der Waals surface area contributed by atoms with Gasteiger partial charge >= 0.3 is 0 Å². The summed E-state index contributed by atoms with van der Waals surface area (Å²) in [6.45, 7) is 4.25. The second kappa shape index (κ2) is 5.88. The summed E-state index contributed by atoms with van der Waals surface area (Å²) in [6, 6.07) is 5.09. The molecule has 0 amide bonds. The molecule has 0 bridgehead atoms. The van der Waals surface area contributed by atoms with Crippen LogP contribution < -0.4 is 0 Å². The second-order valence-electron chi connectivity index (χ2n) is 6.98. The van der Waals surface area contributed by atoms with Crippen LogP contribution in [0.25, 0.3) is 0 Å². The Morgan fingerprint density at radius 3 is 2.10 bits per heavy atom. The van der Waals surface area contributed by atoms with E-state index < -0.39 is 0 Å². The fourth-order valence-electron chi connectivity index (χ4n) is 4.34. The summed E-state index contributed by atoms with van der Waals surface area (Å²) in [6.07, 6.45) is 9.55. The minimum atomic E-state index is 0.0761. The molecule has 2 fully saturated rings. The molecule has 116 valence electrons. The lowest BCUT2D eigenvalue weighted by Crippen LogP contribution is -2.42. The van der Waals surface area contributed by atoms with Crippen LogP contribution in [0.15, 0.2) is 18.2 Å². The molecule has 1 atom stereocenters. The normalized spacial score (nSPS) is 24.0. The zero-order valence-electron chi connectivity index (χ0n) is 13.0.